The number of nitrogens with one attached hydrogen (secondary N) is 1. The maximum Gasteiger partial charge on any atom is 0.412 e. The van der Waals surface area contributed by atoms with Crippen molar-refractivity contribution in [3.05, 3.63) is 40.7 Å². The van der Waals surface area contributed by atoms with Crippen molar-refractivity contribution in [1.82, 2.24) is 19.9 Å². The highest BCUT2D eigenvalue weighted by Crippen LogP contribution is 2.46. The van der Waals surface area contributed by atoms with Crippen LogP contribution < -0.4 is 10.2 Å². The summed E-state index contributed by atoms with van der Waals surface area (Å²) in [7, 11) is 3.72. The summed E-state index contributed by atoms with van der Waals surface area (Å²) in [6.45, 7) is 8.22. The number of hydrogen-bond donors (Lipinski definition) is 1. The molecule has 45 heavy (non-hydrogen) atoms. The van der Waals surface area contributed by atoms with Gasteiger partial charge in [-0.05, 0) is 45.4 Å². The Kier molecular flexibility index (Phi) is 8.30. The molecule has 236 valence electrons. The summed E-state index contributed by atoms with van der Waals surface area (Å²) in [6.07, 6.45) is 2.72. The number of nitriles is 1. The van der Waals surface area contributed by atoms with Crippen molar-refractivity contribution in [2.45, 2.75) is 52.0 Å². The number of aromatic nitrogens is 3. The zero-order chi connectivity index (χ0) is 32.0. The Bertz CT molecular complexity index is 1850. The van der Waals surface area contributed by atoms with Crippen molar-refractivity contribution in [3.63, 3.8) is 0 Å². The van der Waals surface area contributed by atoms with Gasteiger partial charge in [-0.25, -0.2) is 23.5 Å². The molecule has 0 spiro atoms. The topological polar surface area (TPSA) is 126 Å². The monoisotopic (exact) mass is 637 g/mol. The predicted molar refractivity (Wildman–Crippen MR) is 166 cm³/mol. The number of nitrogens with zero attached hydrogens (tertiary/aromatic N) is 6. The summed E-state index contributed by atoms with van der Waals surface area (Å²) < 4.78 is 48.3. The van der Waals surface area contributed by atoms with Crippen LogP contribution in [0, 0.1) is 23.0 Å². The van der Waals surface area contributed by atoms with Crippen LogP contribution in [0.5, 0.6) is 0 Å². The van der Waals surface area contributed by atoms with Crippen LogP contribution in [0.1, 0.15) is 43.9 Å². The van der Waals surface area contributed by atoms with Crippen LogP contribution in [0.4, 0.5) is 24.5 Å². The molecule has 4 aromatic rings. The van der Waals surface area contributed by atoms with Crippen molar-refractivity contribution in [2.75, 3.05) is 50.6 Å². The maximum absolute atomic E-state index is 16.8. The number of hydrogen-bond acceptors (Lipinski definition) is 11. The van der Waals surface area contributed by atoms with Gasteiger partial charge in [-0.2, -0.15) is 5.26 Å². The molecule has 1 amide bonds. The molecular weight excluding hydrogens is 604 g/mol. The lowest BCUT2D eigenvalue weighted by molar-refractivity contribution is 0.0636. The van der Waals surface area contributed by atoms with Crippen LogP contribution in [0.2, 0.25) is 0 Å². The number of rotatable bonds is 7. The summed E-state index contributed by atoms with van der Waals surface area (Å²) >= 11 is 0.860. The number of thiophene rings is 1. The van der Waals surface area contributed by atoms with E-state index in [1.807, 2.05) is 4.90 Å². The number of pyridine rings is 1. The van der Waals surface area contributed by atoms with Gasteiger partial charge in [0.05, 0.1) is 42.0 Å². The van der Waals surface area contributed by atoms with Crippen molar-refractivity contribution in [2.24, 2.45) is 0 Å². The minimum atomic E-state index is -0.801. The van der Waals surface area contributed by atoms with Crippen LogP contribution in [-0.4, -0.2) is 78.0 Å². The predicted octanol–water partition coefficient (Wildman–Crippen LogP) is 5.59. The highest BCUT2D eigenvalue weighted by molar-refractivity contribution is 7.23. The van der Waals surface area contributed by atoms with Gasteiger partial charge >= 0.3 is 6.09 Å². The minimum Gasteiger partial charge on any atom is -0.444 e. The second kappa shape index (κ2) is 12.1. The molecule has 0 unspecified atom stereocenters. The van der Waals surface area contributed by atoms with E-state index in [2.05, 4.69) is 33.3 Å². The van der Waals surface area contributed by atoms with E-state index in [4.69, 9.17) is 19.2 Å². The smallest absolute Gasteiger partial charge is 0.412 e. The van der Waals surface area contributed by atoms with E-state index in [1.165, 1.54) is 0 Å². The molecule has 1 aromatic carbocycles. The average molecular weight is 638 g/mol. The van der Waals surface area contributed by atoms with E-state index >= 15 is 8.78 Å². The minimum absolute atomic E-state index is 0.0425. The van der Waals surface area contributed by atoms with E-state index in [1.54, 1.807) is 34.1 Å². The van der Waals surface area contributed by atoms with Crippen LogP contribution in [0.3, 0.4) is 0 Å². The lowest BCUT2D eigenvalue weighted by Crippen LogP contribution is -2.36. The van der Waals surface area contributed by atoms with E-state index in [-0.39, 0.29) is 56.7 Å². The second-order valence-electron chi connectivity index (χ2n) is 12.1. The molecule has 1 fully saturated rings. The molecule has 0 saturated carbocycles. The van der Waals surface area contributed by atoms with Gasteiger partial charge in [-0.3, -0.25) is 15.2 Å². The van der Waals surface area contributed by atoms with Gasteiger partial charge in [0.1, 0.15) is 22.2 Å². The Hall–Kier alpha value is -4.03. The van der Waals surface area contributed by atoms with E-state index in [0.29, 0.717) is 42.2 Å². The third-order valence-corrected chi connectivity index (χ3v) is 9.15. The molecule has 2 aliphatic rings. The Morgan fingerprint density at radius 3 is 2.78 bits per heavy atom. The van der Waals surface area contributed by atoms with Gasteiger partial charge in [-0.15, -0.1) is 11.3 Å². The number of benzene rings is 1. The van der Waals surface area contributed by atoms with Gasteiger partial charge in [0.2, 0.25) is 5.95 Å². The summed E-state index contributed by atoms with van der Waals surface area (Å²) in [5, 5.41) is 13.4. The highest BCUT2D eigenvalue weighted by atomic mass is 32.1. The Morgan fingerprint density at radius 2 is 2.04 bits per heavy atom. The van der Waals surface area contributed by atoms with Crippen molar-refractivity contribution >= 4 is 49.4 Å². The zero-order valence-corrected chi connectivity index (χ0v) is 26.5. The first kappa shape index (κ1) is 31.0. The quantitative estimate of drug-likeness (QED) is 0.274. The first-order valence-electron chi connectivity index (χ1n) is 14.5. The Balaban J connectivity index is 1.46. The number of anilines is 2. The molecule has 1 atom stereocenters. The number of methoxy groups -OCH3 is 1. The summed E-state index contributed by atoms with van der Waals surface area (Å²) in [6, 6.07) is 2.33. The number of fused-ring (bicyclic) bond motifs is 4. The molecule has 0 radical (unpaired) electrons. The fourth-order valence-corrected chi connectivity index (χ4v) is 6.89. The number of ether oxygens (including phenoxy) is 3. The van der Waals surface area contributed by atoms with E-state index in [0.717, 1.165) is 30.5 Å². The molecule has 6 rings (SSSR count). The molecule has 1 N–H and O–H groups in total. The third kappa shape index (κ3) is 5.77. The van der Waals surface area contributed by atoms with Crippen LogP contribution >= 0.6 is 11.3 Å². The normalized spacial score (nSPS) is 16.5. The number of likely N-dealkylation sites (N-methyl/N-ethyl adjacent to an activating group) is 1. The Morgan fingerprint density at radius 1 is 1.27 bits per heavy atom. The molecule has 1 saturated heterocycles. The first-order valence-corrected chi connectivity index (χ1v) is 15.4. The maximum atomic E-state index is 16.8. The molecule has 3 aromatic heterocycles. The lowest BCUT2D eigenvalue weighted by Gasteiger charge is -2.24. The second-order valence-corrected chi connectivity index (χ2v) is 13.2. The summed E-state index contributed by atoms with van der Waals surface area (Å²) in [5.41, 5.74) is 0.660. The molecule has 5 heterocycles. The van der Waals surface area contributed by atoms with Gasteiger partial charge < -0.3 is 19.1 Å². The molecular formula is C31H33F2N7O4S. The summed E-state index contributed by atoms with van der Waals surface area (Å²) in [4.78, 5) is 30.4. The van der Waals surface area contributed by atoms with Gasteiger partial charge in [0.25, 0.3) is 0 Å². The SMILES string of the molecule is COCCN(C)[C@H]1CCN(c2ncc3c4c(c(-c5ncc(F)c6sc(NC(=O)OC(C)(C)C)c(C#N)c56)c(F)c3n2)COC4)C1. The lowest BCUT2D eigenvalue weighted by atomic mass is 9.94. The summed E-state index contributed by atoms with van der Waals surface area (Å²) in [5.74, 6) is -0.962. The highest BCUT2D eigenvalue weighted by Gasteiger charge is 2.32. The van der Waals surface area contributed by atoms with Gasteiger partial charge in [-0.1, -0.05) is 0 Å². The van der Waals surface area contributed by atoms with Crippen LogP contribution in [0.15, 0.2) is 12.4 Å². The third-order valence-electron chi connectivity index (χ3n) is 8.04. The zero-order valence-electron chi connectivity index (χ0n) is 25.7. The van der Waals surface area contributed by atoms with Crippen LogP contribution in [0.25, 0.3) is 32.2 Å². The van der Waals surface area contributed by atoms with E-state index in [9.17, 15) is 10.1 Å². The number of carbonyl (C=O) groups excluding carboxylic acids is 1. The molecule has 14 heteroatoms. The number of carbonyl (C=O) groups is 1. The molecule has 11 nitrogen and oxygen atoms in total. The van der Waals surface area contributed by atoms with E-state index < -0.39 is 23.3 Å². The standard InChI is InChI=1S/C31H33F2N7O4S/c1-31(2,3)44-30(41)38-28-17(10-34)23-26(35-12-21(32)27(23)45-28)22-20-15-43-14-19(20)18-11-36-29(37-25(18)24(22)33)40-7-6-16(13-40)39(4)8-9-42-5/h11-12,16H,6-9,13-15H2,1-5H3,(H,38,41)/t16-/m0/s1. The molecule has 0 aliphatic carbocycles. The van der Waals surface area contributed by atoms with Crippen molar-refractivity contribution in [1.29, 1.82) is 5.26 Å². The van der Waals surface area contributed by atoms with Gasteiger partial charge in [0.15, 0.2) is 11.6 Å². The molecule has 2 aliphatic heterocycles. The average Bonchev–Trinajstić information content (AvgIpc) is 3.75. The molecule has 0 bridgehead atoms. The fourth-order valence-electron chi connectivity index (χ4n) is 5.85. The van der Waals surface area contributed by atoms with Crippen molar-refractivity contribution < 1.29 is 27.8 Å². The van der Waals surface area contributed by atoms with Crippen LogP contribution in [-0.2, 0) is 27.4 Å². The first-order chi connectivity index (χ1) is 21.5. The van der Waals surface area contributed by atoms with Crippen molar-refractivity contribution in [3.8, 4) is 17.3 Å². The Labute approximate surface area is 262 Å². The largest absolute Gasteiger partial charge is 0.444 e. The fraction of sp³-hybridized carbons (Fsp3) is 0.452. The van der Waals surface area contributed by atoms with Gasteiger partial charge in [0, 0.05) is 55.3 Å². The number of amides is 1. The number of halogens is 2.